The van der Waals surface area contributed by atoms with Crippen molar-refractivity contribution in [2.24, 2.45) is 17.8 Å². The minimum absolute atomic E-state index is 0.725. The second-order valence-corrected chi connectivity index (χ2v) is 8.75. The van der Waals surface area contributed by atoms with Gasteiger partial charge < -0.3 is 15.0 Å². The Labute approximate surface area is 171 Å². The highest BCUT2D eigenvalue weighted by Crippen LogP contribution is 2.31. The van der Waals surface area contributed by atoms with Gasteiger partial charge in [0.2, 0.25) is 0 Å². The Bertz CT molecular complexity index is 700. The second-order valence-electron chi connectivity index (χ2n) is 8.75. The van der Waals surface area contributed by atoms with Gasteiger partial charge in [-0.25, -0.2) is 0 Å². The first-order chi connectivity index (χ1) is 13.6. The minimum atomic E-state index is 0.725. The molecule has 3 rings (SSSR count). The van der Waals surface area contributed by atoms with Crippen LogP contribution in [0.25, 0.3) is 0 Å². The van der Waals surface area contributed by atoms with Gasteiger partial charge in [-0.05, 0) is 49.1 Å². The molecule has 1 heterocycles. The number of rotatable bonds is 8. The number of likely N-dealkylation sites (tertiary alicyclic amines) is 1. The number of quaternary nitrogens is 2. The molecular weight excluding hydrogens is 344 g/mol. The molecule has 0 saturated carbocycles. The smallest absolute Gasteiger partial charge is 0.118 e. The number of benzene rings is 2. The van der Waals surface area contributed by atoms with Crippen LogP contribution in [0.2, 0.25) is 0 Å². The Kier molecular flexibility index (Phi) is 7.52. The van der Waals surface area contributed by atoms with Gasteiger partial charge >= 0.3 is 0 Å². The average molecular weight is 383 g/mol. The molecule has 2 aromatic carbocycles. The quantitative estimate of drug-likeness (QED) is 0.674. The largest absolute Gasteiger partial charge is 0.497 e. The third kappa shape index (κ3) is 5.36. The molecule has 0 radical (unpaired) electrons. The molecule has 3 heteroatoms. The number of hydrogen-bond acceptors (Lipinski definition) is 1. The Morgan fingerprint density at radius 1 is 0.964 bits per heavy atom. The number of ether oxygens (including phenoxy) is 1. The molecule has 0 bridgehead atoms. The SMILES string of the molecule is COc1ccc(C[NH2+]CC[C@H]2[C@@H](Cc3ccccc3)[C@@H](C)[NH+](C)C[C@H]2C)cc1. The first kappa shape index (κ1) is 20.9. The molecule has 1 fully saturated rings. The Hall–Kier alpha value is -1.84. The van der Waals surface area contributed by atoms with Crippen LogP contribution in [0.3, 0.4) is 0 Å². The summed E-state index contributed by atoms with van der Waals surface area (Å²) in [6, 6.07) is 20.3. The van der Waals surface area contributed by atoms with Gasteiger partial charge in [0.15, 0.2) is 0 Å². The zero-order valence-electron chi connectivity index (χ0n) is 18.0. The van der Waals surface area contributed by atoms with E-state index in [4.69, 9.17) is 4.74 Å². The molecule has 1 aliphatic heterocycles. The summed E-state index contributed by atoms with van der Waals surface area (Å²) in [5.74, 6) is 3.30. The summed E-state index contributed by atoms with van der Waals surface area (Å²) in [7, 11) is 4.10. The monoisotopic (exact) mass is 382 g/mol. The van der Waals surface area contributed by atoms with Crippen LogP contribution in [0.1, 0.15) is 31.4 Å². The van der Waals surface area contributed by atoms with E-state index in [1.54, 1.807) is 12.0 Å². The first-order valence-electron chi connectivity index (χ1n) is 10.9. The van der Waals surface area contributed by atoms with Crippen LogP contribution in [0.4, 0.5) is 0 Å². The number of hydrogen-bond donors (Lipinski definition) is 2. The molecular formula is C25H38N2O+2. The number of nitrogens with one attached hydrogen (secondary N) is 1. The summed E-state index contributed by atoms with van der Waals surface area (Å²) in [5, 5.41) is 2.48. The lowest BCUT2D eigenvalue weighted by atomic mass is 9.70. The van der Waals surface area contributed by atoms with Crippen molar-refractivity contribution in [2.75, 3.05) is 27.2 Å². The van der Waals surface area contributed by atoms with E-state index in [1.165, 1.54) is 37.1 Å². The van der Waals surface area contributed by atoms with E-state index < -0.39 is 0 Å². The molecule has 1 aliphatic rings. The van der Waals surface area contributed by atoms with Crippen molar-refractivity contribution in [3.8, 4) is 5.75 Å². The molecule has 0 amide bonds. The molecule has 1 unspecified atom stereocenters. The molecule has 3 nitrogen and oxygen atoms in total. The number of piperidine rings is 1. The predicted molar refractivity (Wildman–Crippen MR) is 116 cm³/mol. The summed E-state index contributed by atoms with van der Waals surface area (Å²) in [5.41, 5.74) is 2.87. The van der Waals surface area contributed by atoms with Crippen molar-refractivity contribution in [3.05, 3.63) is 65.7 Å². The fourth-order valence-corrected chi connectivity index (χ4v) is 5.06. The maximum absolute atomic E-state index is 5.25. The minimum Gasteiger partial charge on any atom is -0.497 e. The summed E-state index contributed by atoms with van der Waals surface area (Å²) < 4.78 is 5.25. The maximum atomic E-state index is 5.25. The normalized spacial score (nSPS) is 27.5. The highest BCUT2D eigenvalue weighted by Gasteiger charge is 2.40. The second kappa shape index (κ2) is 10.1. The van der Waals surface area contributed by atoms with Gasteiger partial charge in [-0.1, -0.05) is 37.3 Å². The lowest BCUT2D eigenvalue weighted by Crippen LogP contribution is -3.15. The third-order valence-corrected chi connectivity index (χ3v) is 6.90. The summed E-state index contributed by atoms with van der Waals surface area (Å²) in [6.45, 7) is 8.49. The highest BCUT2D eigenvalue weighted by molar-refractivity contribution is 5.26. The van der Waals surface area contributed by atoms with Gasteiger partial charge in [-0.3, -0.25) is 0 Å². The van der Waals surface area contributed by atoms with E-state index in [-0.39, 0.29) is 0 Å². The van der Waals surface area contributed by atoms with E-state index in [0.717, 1.165) is 36.1 Å². The topological polar surface area (TPSA) is 30.3 Å². The lowest BCUT2D eigenvalue weighted by Gasteiger charge is -2.43. The van der Waals surface area contributed by atoms with Crippen LogP contribution in [-0.2, 0) is 13.0 Å². The molecule has 3 N–H and O–H groups in total. The molecule has 28 heavy (non-hydrogen) atoms. The van der Waals surface area contributed by atoms with Gasteiger partial charge in [-0.2, -0.15) is 0 Å². The van der Waals surface area contributed by atoms with E-state index in [1.807, 2.05) is 0 Å². The average Bonchev–Trinajstić information content (AvgIpc) is 2.72. The van der Waals surface area contributed by atoms with E-state index >= 15 is 0 Å². The van der Waals surface area contributed by atoms with Crippen LogP contribution < -0.4 is 15.0 Å². The maximum Gasteiger partial charge on any atom is 0.118 e. The summed E-state index contributed by atoms with van der Waals surface area (Å²) in [6.07, 6.45) is 2.53. The Morgan fingerprint density at radius 2 is 1.68 bits per heavy atom. The highest BCUT2D eigenvalue weighted by atomic mass is 16.5. The Morgan fingerprint density at radius 3 is 2.36 bits per heavy atom. The molecule has 0 aromatic heterocycles. The molecule has 152 valence electrons. The Balaban J connectivity index is 1.57. The number of methoxy groups -OCH3 is 1. The zero-order valence-corrected chi connectivity index (χ0v) is 18.0. The van der Waals surface area contributed by atoms with Gasteiger partial charge in [0.25, 0.3) is 0 Å². The summed E-state index contributed by atoms with van der Waals surface area (Å²) in [4.78, 5) is 1.70. The van der Waals surface area contributed by atoms with Crippen LogP contribution in [-0.4, -0.2) is 33.3 Å². The molecule has 1 saturated heterocycles. The molecule has 5 atom stereocenters. The van der Waals surface area contributed by atoms with Crippen molar-refractivity contribution in [2.45, 2.75) is 39.3 Å². The van der Waals surface area contributed by atoms with Crippen molar-refractivity contribution < 1.29 is 15.0 Å². The first-order valence-corrected chi connectivity index (χ1v) is 10.9. The lowest BCUT2D eigenvalue weighted by molar-refractivity contribution is -0.919. The van der Waals surface area contributed by atoms with Crippen molar-refractivity contribution in [3.63, 3.8) is 0 Å². The molecule has 0 aliphatic carbocycles. The van der Waals surface area contributed by atoms with Crippen LogP contribution in [0.5, 0.6) is 5.75 Å². The summed E-state index contributed by atoms with van der Waals surface area (Å²) >= 11 is 0. The molecule has 2 aromatic rings. The molecule has 0 spiro atoms. The van der Waals surface area contributed by atoms with Crippen LogP contribution in [0.15, 0.2) is 54.6 Å². The standard InChI is InChI=1S/C25H36N2O/c1-19-18-27(3)20(2)25(16-21-8-6-5-7-9-21)24(19)14-15-26-17-22-10-12-23(28-4)13-11-22/h5-13,19-20,24-26H,14-18H2,1-4H3/p+2/t19-,20-,24-,25+/m1/s1. The number of nitrogens with two attached hydrogens (primary N) is 1. The predicted octanol–water partition coefficient (Wildman–Crippen LogP) is 2.18. The van der Waals surface area contributed by atoms with E-state index in [9.17, 15) is 0 Å². The fraction of sp³-hybridized carbons (Fsp3) is 0.520. The van der Waals surface area contributed by atoms with Crippen LogP contribution >= 0.6 is 0 Å². The van der Waals surface area contributed by atoms with Crippen LogP contribution in [0, 0.1) is 17.8 Å². The zero-order chi connectivity index (χ0) is 19.9. The van der Waals surface area contributed by atoms with Crippen molar-refractivity contribution in [1.29, 1.82) is 0 Å². The van der Waals surface area contributed by atoms with Gasteiger partial charge in [0, 0.05) is 23.8 Å². The van der Waals surface area contributed by atoms with Gasteiger partial charge in [0.1, 0.15) is 12.3 Å². The van der Waals surface area contributed by atoms with Crippen molar-refractivity contribution in [1.82, 2.24) is 0 Å². The van der Waals surface area contributed by atoms with E-state index in [0.29, 0.717) is 0 Å². The van der Waals surface area contributed by atoms with Gasteiger partial charge in [-0.15, -0.1) is 0 Å². The fourth-order valence-electron chi connectivity index (χ4n) is 5.06. The van der Waals surface area contributed by atoms with E-state index in [2.05, 4.69) is 80.8 Å². The third-order valence-electron chi connectivity index (χ3n) is 6.90. The van der Waals surface area contributed by atoms with Crippen molar-refractivity contribution >= 4 is 0 Å². The van der Waals surface area contributed by atoms with Gasteiger partial charge in [0.05, 0.1) is 33.3 Å².